The molecule has 5 heteroatoms. The predicted octanol–water partition coefficient (Wildman–Crippen LogP) is 16.6. The molecule has 0 spiro atoms. The first-order valence-electron chi connectivity index (χ1n) is 27.1. The van der Waals surface area contributed by atoms with E-state index in [0.29, 0.717) is 0 Å². The van der Waals surface area contributed by atoms with Gasteiger partial charge in [0, 0.05) is 43.3 Å². The molecule has 7 aromatic rings. The van der Waals surface area contributed by atoms with Crippen molar-refractivity contribution in [3.05, 3.63) is 142 Å². The summed E-state index contributed by atoms with van der Waals surface area (Å²) < 4.78 is 2.91. The summed E-state index contributed by atoms with van der Waals surface area (Å²) in [5, 5.41) is 2.92. The van der Waals surface area contributed by atoms with Crippen molar-refractivity contribution in [2.75, 3.05) is 9.80 Å². The van der Waals surface area contributed by atoms with E-state index < -0.39 is 8.07 Å². The van der Waals surface area contributed by atoms with Crippen LogP contribution in [0, 0.1) is 6.92 Å². The number of anilines is 6. The number of fused-ring (bicyclic) bond motifs is 9. The van der Waals surface area contributed by atoms with Gasteiger partial charge in [0.2, 0.25) is 0 Å². The van der Waals surface area contributed by atoms with Crippen LogP contribution in [0.2, 0.25) is 19.6 Å². The fourth-order valence-corrected chi connectivity index (χ4v) is 17.0. The second kappa shape index (κ2) is 15.1. The number of rotatable bonds is 4. The molecule has 0 radical (unpaired) electrons. The second-order valence-corrected chi connectivity index (χ2v) is 34.0. The molecular formula is C66H77BN2SSi. The highest BCUT2D eigenvalue weighted by Gasteiger charge is 2.50. The molecule has 0 fully saturated rings. The summed E-state index contributed by atoms with van der Waals surface area (Å²) in [7, 11) is -1.94. The van der Waals surface area contributed by atoms with E-state index in [1.165, 1.54) is 143 Å². The molecule has 0 saturated heterocycles. The molecule has 3 aliphatic carbocycles. The molecule has 12 rings (SSSR count). The van der Waals surface area contributed by atoms with Gasteiger partial charge in [-0.2, -0.15) is 0 Å². The molecule has 3 heterocycles. The van der Waals surface area contributed by atoms with Gasteiger partial charge in [0.15, 0.2) is 0 Å². The Morgan fingerprint density at radius 3 is 1.58 bits per heavy atom. The molecule has 0 unspecified atom stereocenters. The number of aryl methyl sites for hydroxylation is 1. The number of hydrogen-bond acceptors (Lipinski definition) is 3. The summed E-state index contributed by atoms with van der Waals surface area (Å²) in [5.74, 6) is 0. The highest BCUT2D eigenvalue weighted by Crippen LogP contribution is 2.55. The molecule has 1 aromatic heterocycles. The maximum absolute atomic E-state index is 2.82. The van der Waals surface area contributed by atoms with Gasteiger partial charge in [-0.15, -0.1) is 11.3 Å². The summed E-state index contributed by atoms with van der Waals surface area (Å²) in [5.41, 5.74) is 24.5. The summed E-state index contributed by atoms with van der Waals surface area (Å²) in [4.78, 5) is 5.56. The fraction of sp³-hybridized carbons (Fsp3) is 0.424. The Bertz CT molecular complexity index is 3390. The Morgan fingerprint density at radius 1 is 0.465 bits per heavy atom. The van der Waals surface area contributed by atoms with Gasteiger partial charge in [0.05, 0.1) is 13.8 Å². The van der Waals surface area contributed by atoms with E-state index in [2.05, 4.69) is 234 Å². The molecule has 2 nitrogen and oxygen atoms in total. The average Bonchev–Trinajstić information content (AvgIpc) is 3.68. The lowest BCUT2D eigenvalue weighted by atomic mass is 9.35. The van der Waals surface area contributed by atoms with Crippen molar-refractivity contribution in [3.8, 4) is 11.1 Å². The van der Waals surface area contributed by atoms with Gasteiger partial charge >= 0.3 is 0 Å². The first-order valence-corrected chi connectivity index (χ1v) is 31.4. The molecule has 0 atom stereocenters. The molecular weight excluding hydrogens is 892 g/mol. The van der Waals surface area contributed by atoms with Crippen LogP contribution in [0.15, 0.2) is 103 Å². The van der Waals surface area contributed by atoms with E-state index in [1.54, 1.807) is 11.1 Å². The van der Waals surface area contributed by atoms with Crippen molar-refractivity contribution in [1.29, 1.82) is 0 Å². The molecule has 2 aliphatic heterocycles. The average molecular weight is 969 g/mol. The number of nitrogens with zero attached hydrogens (tertiary/aromatic N) is 2. The Balaban J connectivity index is 1.24. The monoisotopic (exact) mass is 969 g/mol. The van der Waals surface area contributed by atoms with Crippen LogP contribution in [0.3, 0.4) is 0 Å². The van der Waals surface area contributed by atoms with Crippen molar-refractivity contribution in [1.82, 2.24) is 0 Å². The minimum absolute atomic E-state index is 0.0621. The van der Waals surface area contributed by atoms with Gasteiger partial charge < -0.3 is 9.80 Å². The largest absolute Gasteiger partial charge is 0.311 e. The van der Waals surface area contributed by atoms with Crippen molar-refractivity contribution in [2.24, 2.45) is 0 Å². The van der Waals surface area contributed by atoms with Gasteiger partial charge in [-0.1, -0.05) is 157 Å². The lowest BCUT2D eigenvalue weighted by Gasteiger charge is -2.48. The molecule has 0 saturated carbocycles. The van der Waals surface area contributed by atoms with Crippen molar-refractivity contribution in [3.63, 3.8) is 0 Å². The standard InChI is InChI=1S/C66H77BN2SSi/c1-40-32-54-58-55(33-40)69(53-34-42(41-20-18-17-19-21-41)22-25-57(53)71(14,15)16)59-44-36-47-50(66(12,13)31-28-63(47,6)7)39-56(44)70-60(59)67(58)51-37-48-49(65(10,11)30-29-64(48,8)9)38-52(51)68(54)43-23-24-45-46(35-43)62(4,5)27-26-61(45,2)3/h17-25,32-39H,26-31H2,1-16H3. The molecule has 0 bridgehead atoms. The first kappa shape index (κ1) is 47.2. The van der Waals surface area contributed by atoms with E-state index in [4.69, 9.17) is 0 Å². The summed E-state index contributed by atoms with van der Waals surface area (Å²) >= 11 is 2.10. The quantitative estimate of drug-likeness (QED) is 0.162. The smallest absolute Gasteiger partial charge is 0.264 e. The molecule has 0 amide bonds. The Kier molecular flexibility index (Phi) is 10.1. The highest BCUT2D eigenvalue weighted by molar-refractivity contribution is 7.33. The van der Waals surface area contributed by atoms with Crippen LogP contribution in [-0.2, 0) is 32.5 Å². The van der Waals surface area contributed by atoms with Crippen LogP contribution in [-0.4, -0.2) is 14.8 Å². The third-order valence-electron chi connectivity index (χ3n) is 19.0. The zero-order chi connectivity index (χ0) is 50.3. The lowest BCUT2D eigenvalue weighted by Crippen LogP contribution is -2.61. The molecule has 71 heavy (non-hydrogen) atoms. The normalized spacial score (nSPS) is 20.4. The summed E-state index contributed by atoms with van der Waals surface area (Å²) in [6, 6.07) is 42.1. The van der Waals surface area contributed by atoms with Crippen LogP contribution < -0.4 is 30.7 Å². The van der Waals surface area contributed by atoms with Crippen LogP contribution in [0.4, 0.5) is 34.1 Å². The lowest BCUT2D eigenvalue weighted by molar-refractivity contribution is 0.332. The third kappa shape index (κ3) is 7.04. The second-order valence-electron chi connectivity index (χ2n) is 27.9. The number of hydrogen-bond donors (Lipinski definition) is 0. The fourth-order valence-electron chi connectivity index (χ4n) is 14.1. The Hall–Kier alpha value is -4.84. The Labute approximate surface area is 432 Å². The molecule has 364 valence electrons. The van der Waals surface area contributed by atoms with Gasteiger partial charge in [0.1, 0.15) is 0 Å². The predicted molar refractivity (Wildman–Crippen MR) is 315 cm³/mol. The van der Waals surface area contributed by atoms with E-state index in [-0.39, 0.29) is 39.2 Å². The minimum atomic E-state index is -1.94. The molecule has 5 aliphatic rings. The third-order valence-corrected chi connectivity index (χ3v) is 22.2. The van der Waals surface area contributed by atoms with Crippen LogP contribution in [0.25, 0.3) is 21.2 Å². The van der Waals surface area contributed by atoms with Gasteiger partial charge in [-0.25, -0.2) is 0 Å². The molecule has 0 N–H and O–H groups in total. The number of thiophene rings is 1. The summed E-state index contributed by atoms with van der Waals surface area (Å²) in [6.45, 7) is 40.0. The summed E-state index contributed by atoms with van der Waals surface area (Å²) in [6.07, 6.45) is 7.17. The zero-order valence-corrected chi connectivity index (χ0v) is 47.8. The molecule has 6 aromatic carbocycles. The SMILES string of the molecule is Cc1cc2c3c(c1)N(c1cc(-c4ccccc4)ccc1[Si](C)(C)C)c1c(sc4cc5c(cc14)C(C)(C)CCC5(C)C)B3c1cc3c(cc1N2c1ccc2c(c1)C(C)(C)CCC2(C)C)C(C)(C)CCC3(C)C. The van der Waals surface area contributed by atoms with Crippen LogP contribution in [0.5, 0.6) is 0 Å². The van der Waals surface area contributed by atoms with Crippen LogP contribution >= 0.6 is 11.3 Å². The maximum Gasteiger partial charge on any atom is 0.264 e. The van der Waals surface area contributed by atoms with Crippen molar-refractivity contribution < 1.29 is 0 Å². The van der Waals surface area contributed by atoms with E-state index in [9.17, 15) is 0 Å². The van der Waals surface area contributed by atoms with Gasteiger partial charge in [0.25, 0.3) is 6.71 Å². The van der Waals surface area contributed by atoms with Crippen molar-refractivity contribution in [2.45, 2.75) is 181 Å². The number of benzene rings is 6. The van der Waals surface area contributed by atoms with Gasteiger partial charge in [-0.05, 0) is 193 Å². The van der Waals surface area contributed by atoms with E-state index in [0.717, 1.165) is 0 Å². The minimum Gasteiger partial charge on any atom is -0.311 e. The van der Waals surface area contributed by atoms with Gasteiger partial charge in [-0.3, -0.25) is 0 Å². The maximum atomic E-state index is 2.82. The van der Waals surface area contributed by atoms with E-state index >= 15 is 0 Å². The topological polar surface area (TPSA) is 6.48 Å². The first-order chi connectivity index (χ1) is 33.2. The Morgan fingerprint density at radius 2 is 0.986 bits per heavy atom. The van der Waals surface area contributed by atoms with Crippen LogP contribution in [0.1, 0.15) is 161 Å². The highest BCUT2D eigenvalue weighted by atomic mass is 32.1. The zero-order valence-electron chi connectivity index (χ0n) is 45.9. The van der Waals surface area contributed by atoms with E-state index in [1.807, 2.05) is 0 Å². The van der Waals surface area contributed by atoms with Crippen molar-refractivity contribution >= 4 is 91.2 Å².